The van der Waals surface area contributed by atoms with Crippen LogP contribution >= 0.6 is 0 Å². The average molecular weight is 853 g/mol. The van der Waals surface area contributed by atoms with Gasteiger partial charge in [-0.15, -0.1) is 0 Å². The maximum absolute atomic E-state index is 14.0. The molecule has 0 amide bonds. The Bertz CT molecular complexity index is 1190. The lowest BCUT2D eigenvalue weighted by molar-refractivity contribution is -0.187. The standard InChI is InChI=1S/C47H84N2O11/c1-7-9-11-17-25-31-41(52)56-33-27-21-15-13-19-23-29-38(50)45-40(37-58-43(54)35-48(3)4)59-47(60-44(55)36-49(5)6)46(45)39(51)30-24-20-14-16-22-28-34-57-42(53)32-26-18-12-10-8-2/h40,45-47H,7-37H2,1-6H3/t40-,45?,46?,47+/m1/s1. The molecular formula is C47H84N2O11. The SMILES string of the molecule is CCCCCCCC(=O)OCCCCCCCCC(=O)C1C(C(=O)CCCCCCCCOC(=O)CCCCCCC)[C@@H](COC(=O)CN(C)C)O[C@H]1OC(=O)CN(C)C. The molecular weight excluding hydrogens is 769 g/mol. The Morgan fingerprint density at radius 1 is 0.433 bits per heavy atom. The summed E-state index contributed by atoms with van der Waals surface area (Å²) in [5, 5.41) is 0. The number of likely N-dealkylation sites (N-methyl/N-ethyl adjacent to an activating group) is 2. The zero-order valence-electron chi connectivity index (χ0n) is 38.6. The van der Waals surface area contributed by atoms with Gasteiger partial charge in [-0.05, 0) is 66.7 Å². The van der Waals surface area contributed by atoms with E-state index in [0.717, 1.165) is 103 Å². The van der Waals surface area contributed by atoms with Crippen molar-refractivity contribution in [2.75, 3.05) is 61.1 Å². The van der Waals surface area contributed by atoms with Crippen LogP contribution in [0.15, 0.2) is 0 Å². The monoisotopic (exact) mass is 853 g/mol. The molecule has 0 aromatic rings. The van der Waals surface area contributed by atoms with Crippen molar-refractivity contribution in [3.8, 4) is 0 Å². The Morgan fingerprint density at radius 2 is 0.817 bits per heavy atom. The topological polar surface area (TPSA) is 155 Å². The van der Waals surface area contributed by atoms with Crippen molar-refractivity contribution in [1.82, 2.24) is 9.80 Å². The number of Topliss-reactive ketones (excluding diaryl/α,β-unsaturated/α-hetero) is 2. The van der Waals surface area contributed by atoms with Crippen molar-refractivity contribution >= 4 is 35.4 Å². The molecule has 0 bridgehead atoms. The number of unbranched alkanes of at least 4 members (excludes halogenated alkanes) is 18. The Morgan fingerprint density at radius 3 is 1.27 bits per heavy atom. The first-order valence-corrected chi connectivity index (χ1v) is 23.6. The molecule has 1 heterocycles. The maximum Gasteiger partial charge on any atom is 0.322 e. The molecule has 2 unspecified atom stereocenters. The molecule has 0 aliphatic carbocycles. The number of ketones is 2. The van der Waals surface area contributed by atoms with E-state index in [-0.39, 0.29) is 56.0 Å². The molecule has 1 rings (SSSR count). The van der Waals surface area contributed by atoms with E-state index in [4.69, 9.17) is 23.7 Å². The molecule has 1 saturated heterocycles. The van der Waals surface area contributed by atoms with Crippen LogP contribution < -0.4 is 0 Å². The van der Waals surface area contributed by atoms with Gasteiger partial charge in [-0.25, -0.2) is 0 Å². The highest BCUT2D eigenvalue weighted by molar-refractivity contribution is 5.91. The number of hydrogen-bond donors (Lipinski definition) is 0. The molecule has 0 aromatic heterocycles. The molecule has 1 aliphatic heterocycles. The maximum atomic E-state index is 14.0. The van der Waals surface area contributed by atoms with E-state index in [1.54, 1.807) is 38.0 Å². The van der Waals surface area contributed by atoms with Crippen LogP contribution in [0, 0.1) is 11.8 Å². The molecule has 13 heteroatoms. The van der Waals surface area contributed by atoms with Gasteiger partial charge in [0.05, 0.1) is 38.1 Å². The summed E-state index contributed by atoms with van der Waals surface area (Å²) in [5.74, 6) is -3.58. The number of hydrogen-bond acceptors (Lipinski definition) is 13. The fourth-order valence-electron chi connectivity index (χ4n) is 7.46. The summed E-state index contributed by atoms with van der Waals surface area (Å²) in [6, 6.07) is 0. The van der Waals surface area contributed by atoms with Gasteiger partial charge in [0.2, 0.25) is 6.29 Å². The fraction of sp³-hybridized carbons (Fsp3) is 0.872. The van der Waals surface area contributed by atoms with E-state index < -0.39 is 36.2 Å². The summed E-state index contributed by atoms with van der Waals surface area (Å²) in [5.41, 5.74) is 0. The minimum absolute atomic E-state index is 0.0261. The smallest absolute Gasteiger partial charge is 0.322 e. The number of carbonyl (C=O) groups excluding carboxylic acids is 6. The quantitative estimate of drug-likeness (QED) is 0.0330. The number of carbonyl (C=O) groups is 6. The van der Waals surface area contributed by atoms with E-state index in [0.29, 0.717) is 38.9 Å². The lowest BCUT2D eigenvalue weighted by atomic mass is 9.80. The van der Waals surface area contributed by atoms with Gasteiger partial charge in [0, 0.05) is 25.7 Å². The predicted molar refractivity (Wildman–Crippen MR) is 233 cm³/mol. The molecule has 1 aliphatic rings. The molecule has 0 aromatic carbocycles. The van der Waals surface area contributed by atoms with Crippen molar-refractivity contribution in [2.24, 2.45) is 11.8 Å². The molecule has 0 saturated carbocycles. The first kappa shape index (κ1) is 55.1. The molecule has 60 heavy (non-hydrogen) atoms. The normalized spacial score (nSPS) is 17.5. The van der Waals surface area contributed by atoms with Crippen LogP contribution in [0.1, 0.15) is 181 Å². The lowest BCUT2D eigenvalue weighted by Crippen LogP contribution is -2.39. The first-order chi connectivity index (χ1) is 28.9. The first-order valence-electron chi connectivity index (χ1n) is 23.6. The second kappa shape index (κ2) is 35.7. The summed E-state index contributed by atoms with van der Waals surface area (Å²) >= 11 is 0. The van der Waals surface area contributed by atoms with E-state index in [2.05, 4.69) is 13.8 Å². The largest absolute Gasteiger partial charge is 0.466 e. The summed E-state index contributed by atoms with van der Waals surface area (Å²) < 4.78 is 28.1. The Labute approximate surface area is 363 Å². The van der Waals surface area contributed by atoms with Crippen molar-refractivity contribution in [1.29, 1.82) is 0 Å². The second-order valence-electron chi connectivity index (χ2n) is 17.2. The highest BCUT2D eigenvalue weighted by atomic mass is 16.7. The Hall–Kier alpha value is -2.90. The molecule has 1 fully saturated rings. The third-order valence-electron chi connectivity index (χ3n) is 10.8. The van der Waals surface area contributed by atoms with Gasteiger partial charge in [-0.3, -0.25) is 38.6 Å². The summed E-state index contributed by atoms with van der Waals surface area (Å²) in [6.07, 6.45) is 20.3. The predicted octanol–water partition coefficient (Wildman–Crippen LogP) is 8.56. The third-order valence-corrected chi connectivity index (χ3v) is 10.8. The van der Waals surface area contributed by atoms with E-state index in [9.17, 15) is 28.8 Å². The average Bonchev–Trinajstić information content (AvgIpc) is 3.55. The second-order valence-corrected chi connectivity index (χ2v) is 17.2. The van der Waals surface area contributed by atoms with Gasteiger partial charge >= 0.3 is 23.9 Å². The van der Waals surface area contributed by atoms with E-state index in [1.165, 1.54) is 25.7 Å². The molecule has 0 spiro atoms. The molecule has 4 atom stereocenters. The van der Waals surface area contributed by atoms with Gasteiger partial charge in [-0.2, -0.15) is 0 Å². The zero-order chi connectivity index (χ0) is 44.4. The van der Waals surface area contributed by atoms with Gasteiger partial charge < -0.3 is 23.7 Å². The zero-order valence-corrected chi connectivity index (χ0v) is 38.6. The molecule has 348 valence electrons. The third kappa shape index (κ3) is 27.8. The summed E-state index contributed by atoms with van der Waals surface area (Å²) in [7, 11) is 6.95. The van der Waals surface area contributed by atoms with Crippen LogP contribution in [0.4, 0.5) is 0 Å². The molecule has 0 N–H and O–H groups in total. The van der Waals surface area contributed by atoms with Crippen LogP contribution in [0.5, 0.6) is 0 Å². The van der Waals surface area contributed by atoms with Crippen molar-refractivity contribution in [3.05, 3.63) is 0 Å². The number of esters is 4. The number of rotatable bonds is 39. The van der Waals surface area contributed by atoms with Crippen LogP contribution in [0.2, 0.25) is 0 Å². The number of nitrogens with zero attached hydrogens (tertiary/aromatic N) is 2. The highest BCUT2D eigenvalue weighted by Crippen LogP contribution is 2.38. The van der Waals surface area contributed by atoms with Crippen LogP contribution in [0.3, 0.4) is 0 Å². The Balaban J connectivity index is 2.71. The van der Waals surface area contributed by atoms with Crippen LogP contribution in [-0.4, -0.2) is 119 Å². The molecule has 0 radical (unpaired) electrons. The molecule has 13 nitrogen and oxygen atoms in total. The summed E-state index contributed by atoms with van der Waals surface area (Å²) in [4.78, 5) is 80.6. The van der Waals surface area contributed by atoms with Gasteiger partial charge in [0.15, 0.2) is 0 Å². The van der Waals surface area contributed by atoms with Crippen molar-refractivity contribution in [2.45, 2.75) is 193 Å². The van der Waals surface area contributed by atoms with Crippen LogP contribution in [-0.2, 0) is 52.5 Å². The Kier molecular flexibility index (Phi) is 32.8. The lowest BCUT2D eigenvalue weighted by Gasteiger charge is -2.22. The summed E-state index contributed by atoms with van der Waals surface area (Å²) in [6.45, 7) is 4.99. The minimum atomic E-state index is -1.26. The van der Waals surface area contributed by atoms with Crippen molar-refractivity contribution in [3.63, 3.8) is 0 Å². The number of ether oxygens (including phenoxy) is 5. The minimum Gasteiger partial charge on any atom is -0.466 e. The highest BCUT2D eigenvalue weighted by Gasteiger charge is 2.53. The van der Waals surface area contributed by atoms with E-state index in [1.807, 2.05) is 0 Å². The van der Waals surface area contributed by atoms with Crippen LogP contribution in [0.25, 0.3) is 0 Å². The fourth-order valence-corrected chi connectivity index (χ4v) is 7.46. The van der Waals surface area contributed by atoms with Gasteiger partial charge in [-0.1, -0.05) is 117 Å². The van der Waals surface area contributed by atoms with Crippen molar-refractivity contribution < 1.29 is 52.5 Å². The van der Waals surface area contributed by atoms with Gasteiger partial charge in [0.1, 0.15) is 24.3 Å². The van der Waals surface area contributed by atoms with E-state index >= 15 is 0 Å². The van der Waals surface area contributed by atoms with Gasteiger partial charge in [0.25, 0.3) is 0 Å².